The summed E-state index contributed by atoms with van der Waals surface area (Å²) in [6, 6.07) is 8.34. The van der Waals surface area contributed by atoms with E-state index in [1.807, 2.05) is 36.0 Å². The quantitative estimate of drug-likeness (QED) is 0.804. The van der Waals surface area contributed by atoms with E-state index in [2.05, 4.69) is 16.7 Å². The van der Waals surface area contributed by atoms with E-state index in [4.69, 9.17) is 0 Å². The van der Waals surface area contributed by atoms with Crippen LogP contribution in [0.25, 0.3) is 10.9 Å². The van der Waals surface area contributed by atoms with E-state index in [0.717, 1.165) is 29.4 Å². The van der Waals surface area contributed by atoms with Crippen LogP contribution in [0.5, 0.6) is 0 Å². The third kappa shape index (κ3) is 3.20. The first-order valence-corrected chi connectivity index (χ1v) is 7.85. The molecule has 2 N–H and O–H groups in total. The maximum Gasteiger partial charge on any atom is 0.319 e. The van der Waals surface area contributed by atoms with Gasteiger partial charge in [-0.3, -0.25) is 0 Å². The summed E-state index contributed by atoms with van der Waals surface area (Å²) in [4.78, 5) is 12.2. The van der Waals surface area contributed by atoms with E-state index in [1.54, 1.807) is 0 Å². The molecule has 112 valence electrons. The molecule has 1 aromatic heterocycles. The number of aromatic nitrogens is 1. The van der Waals surface area contributed by atoms with E-state index in [1.165, 1.54) is 25.7 Å². The van der Waals surface area contributed by atoms with Gasteiger partial charge in [0.25, 0.3) is 0 Å². The van der Waals surface area contributed by atoms with Gasteiger partial charge in [-0.15, -0.1) is 0 Å². The van der Waals surface area contributed by atoms with Gasteiger partial charge in [-0.1, -0.05) is 43.9 Å². The molecule has 3 rings (SSSR count). The second-order valence-electron chi connectivity index (χ2n) is 5.96. The van der Waals surface area contributed by atoms with Crippen molar-refractivity contribution in [1.82, 2.24) is 9.88 Å². The van der Waals surface area contributed by atoms with Gasteiger partial charge in [0.15, 0.2) is 0 Å². The molecule has 1 aliphatic carbocycles. The average molecular weight is 285 g/mol. The SMILES string of the molecule is Cn1cc(NC(=O)NC2CCCCCC2)c2ccccc21. The zero-order valence-corrected chi connectivity index (χ0v) is 12.6. The minimum atomic E-state index is -0.0850. The molecular formula is C17H23N3O. The summed E-state index contributed by atoms with van der Waals surface area (Å²) in [6.45, 7) is 0. The summed E-state index contributed by atoms with van der Waals surface area (Å²) in [5.41, 5.74) is 2.00. The molecule has 4 heteroatoms. The van der Waals surface area contributed by atoms with Crippen molar-refractivity contribution in [3.05, 3.63) is 30.5 Å². The first-order chi connectivity index (χ1) is 10.2. The summed E-state index contributed by atoms with van der Waals surface area (Å²) in [6.07, 6.45) is 9.20. The highest BCUT2D eigenvalue weighted by atomic mass is 16.2. The monoisotopic (exact) mass is 285 g/mol. The van der Waals surface area contributed by atoms with Crippen molar-refractivity contribution in [2.24, 2.45) is 7.05 Å². The number of para-hydroxylation sites is 1. The predicted octanol–water partition coefficient (Wildman–Crippen LogP) is 4.02. The molecule has 0 bridgehead atoms. The fraction of sp³-hybridized carbons (Fsp3) is 0.471. The molecule has 1 saturated carbocycles. The molecule has 0 radical (unpaired) electrons. The predicted molar refractivity (Wildman–Crippen MR) is 86.6 cm³/mol. The zero-order valence-electron chi connectivity index (χ0n) is 12.6. The van der Waals surface area contributed by atoms with Gasteiger partial charge in [0, 0.05) is 30.2 Å². The number of hydrogen-bond donors (Lipinski definition) is 2. The molecule has 0 aliphatic heterocycles. The van der Waals surface area contributed by atoms with Gasteiger partial charge in [-0.25, -0.2) is 4.79 Å². The van der Waals surface area contributed by atoms with Gasteiger partial charge in [0.2, 0.25) is 0 Å². The van der Waals surface area contributed by atoms with E-state index in [9.17, 15) is 4.79 Å². The molecule has 1 aliphatic rings. The standard InChI is InChI=1S/C17H23N3O/c1-20-12-15(14-10-6-7-11-16(14)20)19-17(21)18-13-8-4-2-3-5-9-13/h6-7,10-13H,2-5,8-9H2,1H3,(H2,18,19,21). The number of benzene rings is 1. The average Bonchev–Trinajstić information content (AvgIpc) is 2.67. The Kier molecular flexibility index (Phi) is 4.13. The largest absolute Gasteiger partial charge is 0.348 e. The topological polar surface area (TPSA) is 46.1 Å². The second kappa shape index (κ2) is 6.20. The molecule has 2 aromatic rings. The van der Waals surface area contributed by atoms with Gasteiger partial charge >= 0.3 is 6.03 Å². The summed E-state index contributed by atoms with van der Waals surface area (Å²) in [7, 11) is 2.00. The molecule has 4 nitrogen and oxygen atoms in total. The highest BCUT2D eigenvalue weighted by Crippen LogP contribution is 2.25. The third-order valence-electron chi connectivity index (χ3n) is 4.34. The molecule has 2 amide bonds. The van der Waals surface area contributed by atoms with Crippen LogP contribution in [0.1, 0.15) is 38.5 Å². The number of amides is 2. The summed E-state index contributed by atoms with van der Waals surface area (Å²) >= 11 is 0. The second-order valence-corrected chi connectivity index (χ2v) is 5.96. The van der Waals surface area contributed by atoms with Crippen LogP contribution >= 0.6 is 0 Å². The molecule has 1 heterocycles. The highest BCUT2D eigenvalue weighted by molar-refractivity contribution is 6.01. The first-order valence-electron chi connectivity index (χ1n) is 7.85. The maximum atomic E-state index is 12.2. The number of carbonyl (C=O) groups is 1. The van der Waals surface area contributed by atoms with Crippen molar-refractivity contribution in [3.8, 4) is 0 Å². The smallest absolute Gasteiger partial charge is 0.319 e. The normalized spacial score (nSPS) is 16.6. The molecule has 1 fully saturated rings. The highest BCUT2D eigenvalue weighted by Gasteiger charge is 2.15. The number of anilines is 1. The van der Waals surface area contributed by atoms with Crippen LogP contribution in [0.15, 0.2) is 30.5 Å². The van der Waals surface area contributed by atoms with Gasteiger partial charge in [-0.2, -0.15) is 0 Å². The number of hydrogen-bond acceptors (Lipinski definition) is 1. The van der Waals surface area contributed by atoms with Crippen LogP contribution in [0.3, 0.4) is 0 Å². The lowest BCUT2D eigenvalue weighted by Crippen LogP contribution is -2.37. The Morgan fingerprint density at radius 3 is 2.62 bits per heavy atom. The van der Waals surface area contributed by atoms with Gasteiger partial charge in [0.05, 0.1) is 5.69 Å². The Hall–Kier alpha value is -1.97. The van der Waals surface area contributed by atoms with Crippen LogP contribution < -0.4 is 10.6 Å². The molecule has 0 saturated heterocycles. The molecule has 0 spiro atoms. The molecule has 0 atom stereocenters. The van der Waals surface area contributed by atoms with Crippen LogP contribution in [0.2, 0.25) is 0 Å². The fourth-order valence-corrected chi connectivity index (χ4v) is 3.21. The third-order valence-corrected chi connectivity index (χ3v) is 4.34. The number of nitrogens with one attached hydrogen (secondary N) is 2. The van der Waals surface area contributed by atoms with Crippen molar-refractivity contribution in [2.75, 3.05) is 5.32 Å². The van der Waals surface area contributed by atoms with Crippen LogP contribution in [0, 0.1) is 0 Å². The van der Waals surface area contributed by atoms with E-state index in [-0.39, 0.29) is 6.03 Å². The minimum Gasteiger partial charge on any atom is -0.348 e. The van der Waals surface area contributed by atoms with Crippen molar-refractivity contribution >= 4 is 22.6 Å². The van der Waals surface area contributed by atoms with E-state index in [0.29, 0.717) is 6.04 Å². The van der Waals surface area contributed by atoms with Gasteiger partial charge < -0.3 is 15.2 Å². The maximum absolute atomic E-state index is 12.2. The Morgan fingerprint density at radius 2 is 1.86 bits per heavy atom. The van der Waals surface area contributed by atoms with Gasteiger partial charge in [-0.05, 0) is 18.9 Å². The summed E-state index contributed by atoms with van der Waals surface area (Å²) in [5.74, 6) is 0. The van der Waals surface area contributed by atoms with Crippen molar-refractivity contribution in [2.45, 2.75) is 44.6 Å². The Balaban J connectivity index is 1.68. The van der Waals surface area contributed by atoms with E-state index < -0.39 is 0 Å². The van der Waals surface area contributed by atoms with Crippen LogP contribution in [-0.2, 0) is 7.05 Å². The Labute approximate surface area is 125 Å². The summed E-state index contributed by atoms with van der Waals surface area (Å²) in [5, 5.41) is 7.20. The fourth-order valence-electron chi connectivity index (χ4n) is 3.21. The number of nitrogens with zero attached hydrogens (tertiary/aromatic N) is 1. The zero-order chi connectivity index (χ0) is 14.7. The van der Waals surface area contributed by atoms with Crippen molar-refractivity contribution < 1.29 is 4.79 Å². The Morgan fingerprint density at radius 1 is 1.14 bits per heavy atom. The van der Waals surface area contributed by atoms with Crippen molar-refractivity contribution in [1.29, 1.82) is 0 Å². The van der Waals surface area contributed by atoms with Crippen LogP contribution in [-0.4, -0.2) is 16.6 Å². The number of rotatable bonds is 2. The van der Waals surface area contributed by atoms with E-state index >= 15 is 0 Å². The number of aryl methyl sites for hydroxylation is 1. The van der Waals surface area contributed by atoms with Crippen LogP contribution in [0.4, 0.5) is 10.5 Å². The summed E-state index contributed by atoms with van der Waals surface area (Å²) < 4.78 is 2.04. The number of fused-ring (bicyclic) bond motifs is 1. The first kappa shape index (κ1) is 14.0. The lowest BCUT2D eigenvalue weighted by Gasteiger charge is -2.16. The van der Waals surface area contributed by atoms with Crippen molar-refractivity contribution in [3.63, 3.8) is 0 Å². The molecule has 21 heavy (non-hydrogen) atoms. The molecular weight excluding hydrogens is 262 g/mol. The van der Waals surface area contributed by atoms with Gasteiger partial charge in [0.1, 0.15) is 0 Å². The molecule has 0 unspecified atom stereocenters. The Bertz CT molecular complexity index is 624. The minimum absolute atomic E-state index is 0.0850. The lowest BCUT2D eigenvalue weighted by atomic mass is 10.1. The number of urea groups is 1. The lowest BCUT2D eigenvalue weighted by molar-refractivity contribution is 0.247. The molecule has 1 aromatic carbocycles. The number of carbonyl (C=O) groups excluding carboxylic acids is 1.